The molecule has 0 spiro atoms. The lowest BCUT2D eigenvalue weighted by Gasteiger charge is -2.42. The van der Waals surface area contributed by atoms with Crippen LogP contribution in [0.1, 0.15) is 50.3 Å². The van der Waals surface area contributed by atoms with Crippen LogP contribution < -0.4 is 4.90 Å². The van der Waals surface area contributed by atoms with Crippen molar-refractivity contribution in [1.29, 1.82) is 0 Å². The standard InChI is InChI=1S/C19H23N5O/c25-19(12-3-4-12)24-13-5-6-14(24)10-23(9-13)15-7-8-20-18-16(15)21-17(22-18)11-1-2-11/h7-8,11-14H,1-6,9-10H2,(H,20,21,22). The van der Waals surface area contributed by atoms with Gasteiger partial charge in [-0.25, -0.2) is 9.97 Å². The lowest BCUT2D eigenvalue weighted by Crippen LogP contribution is -2.56. The van der Waals surface area contributed by atoms with E-state index in [9.17, 15) is 4.79 Å². The molecule has 1 amide bonds. The van der Waals surface area contributed by atoms with E-state index in [0.29, 0.717) is 29.8 Å². The van der Waals surface area contributed by atoms with Crippen molar-refractivity contribution in [2.24, 2.45) is 5.92 Å². The number of aromatic nitrogens is 3. The van der Waals surface area contributed by atoms with Crippen LogP contribution in [0.25, 0.3) is 11.2 Å². The summed E-state index contributed by atoms with van der Waals surface area (Å²) in [4.78, 5) is 30.0. The Balaban J connectivity index is 1.32. The molecular formula is C19H23N5O. The van der Waals surface area contributed by atoms with Gasteiger partial charge in [0.25, 0.3) is 0 Å². The Morgan fingerprint density at radius 2 is 1.84 bits per heavy atom. The molecule has 6 nitrogen and oxygen atoms in total. The molecule has 1 N–H and O–H groups in total. The van der Waals surface area contributed by atoms with E-state index in [1.54, 1.807) is 0 Å². The number of piperazine rings is 1. The van der Waals surface area contributed by atoms with E-state index in [0.717, 1.165) is 55.8 Å². The maximum absolute atomic E-state index is 12.6. The molecule has 2 unspecified atom stereocenters. The van der Waals surface area contributed by atoms with Crippen LogP contribution in [0.3, 0.4) is 0 Å². The molecule has 2 saturated heterocycles. The highest BCUT2D eigenvalue weighted by molar-refractivity contribution is 5.87. The second kappa shape index (κ2) is 4.96. The van der Waals surface area contributed by atoms with E-state index in [4.69, 9.17) is 4.98 Å². The predicted molar refractivity (Wildman–Crippen MR) is 94.5 cm³/mol. The number of carbonyl (C=O) groups is 1. The summed E-state index contributed by atoms with van der Waals surface area (Å²) >= 11 is 0. The van der Waals surface area contributed by atoms with Crippen molar-refractivity contribution < 1.29 is 4.79 Å². The summed E-state index contributed by atoms with van der Waals surface area (Å²) in [5.41, 5.74) is 3.12. The number of imidazole rings is 1. The molecule has 2 aliphatic carbocycles. The van der Waals surface area contributed by atoms with E-state index >= 15 is 0 Å². The van der Waals surface area contributed by atoms with Gasteiger partial charge < -0.3 is 14.8 Å². The third kappa shape index (κ3) is 2.19. The third-order valence-electron chi connectivity index (χ3n) is 6.36. The fraction of sp³-hybridized carbons (Fsp3) is 0.632. The lowest BCUT2D eigenvalue weighted by atomic mass is 10.1. The van der Waals surface area contributed by atoms with Crippen LogP contribution >= 0.6 is 0 Å². The van der Waals surface area contributed by atoms with Gasteiger partial charge in [0, 0.05) is 43.2 Å². The van der Waals surface area contributed by atoms with Crippen LogP contribution in [0.4, 0.5) is 5.69 Å². The normalized spacial score (nSPS) is 28.8. The first kappa shape index (κ1) is 14.1. The Morgan fingerprint density at radius 3 is 2.52 bits per heavy atom. The molecule has 2 aromatic heterocycles. The summed E-state index contributed by atoms with van der Waals surface area (Å²) in [6, 6.07) is 2.86. The Morgan fingerprint density at radius 1 is 1.08 bits per heavy atom. The minimum Gasteiger partial charge on any atom is -0.366 e. The van der Waals surface area contributed by atoms with Crippen molar-refractivity contribution in [3.05, 3.63) is 18.1 Å². The zero-order valence-electron chi connectivity index (χ0n) is 14.3. The van der Waals surface area contributed by atoms with Crippen molar-refractivity contribution in [1.82, 2.24) is 19.9 Å². The molecule has 0 aromatic carbocycles. The summed E-state index contributed by atoms with van der Waals surface area (Å²) in [7, 11) is 0. The first-order chi connectivity index (χ1) is 12.3. The summed E-state index contributed by atoms with van der Waals surface area (Å²) in [6.07, 6.45) is 8.83. The molecule has 2 aromatic rings. The van der Waals surface area contributed by atoms with Gasteiger partial charge in [-0.15, -0.1) is 0 Å². The smallest absolute Gasteiger partial charge is 0.226 e. The van der Waals surface area contributed by atoms with E-state index in [1.165, 1.54) is 18.5 Å². The molecule has 2 aliphatic heterocycles. The van der Waals surface area contributed by atoms with Gasteiger partial charge in [-0.3, -0.25) is 4.79 Å². The Bertz CT molecular complexity index is 839. The first-order valence-electron chi connectivity index (χ1n) is 9.69. The fourth-order valence-electron chi connectivity index (χ4n) is 4.73. The second-order valence-electron chi connectivity index (χ2n) is 8.23. The SMILES string of the molecule is O=C(C1CC1)N1C2CCC1CN(c1ccnc3nc(C4CC4)[nH]c13)C2. The molecule has 25 heavy (non-hydrogen) atoms. The van der Waals surface area contributed by atoms with Gasteiger partial charge in [-0.1, -0.05) is 0 Å². The Labute approximate surface area is 146 Å². The third-order valence-corrected chi connectivity index (χ3v) is 6.36. The lowest BCUT2D eigenvalue weighted by molar-refractivity contribution is -0.135. The summed E-state index contributed by atoms with van der Waals surface area (Å²) in [5, 5.41) is 0. The fourth-order valence-corrected chi connectivity index (χ4v) is 4.73. The number of rotatable bonds is 3. The van der Waals surface area contributed by atoms with Gasteiger partial charge in [-0.05, 0) is 44.6 Å². The van der Waals surface area contributed by atoms with Crippen molar-refractivity contribution in [2.75, 3.05) is 18.0 Å². The molecule has 4 heterocycles. The number of pyridine rings is 1. The summed E-state index contributed by atoms with van der Waals surface area (Å²) in [6.45, 7) is 1.87. The van der Waals surface area contributed by atoms with Crippen molar-refractivity contribution >= 4 is 22.8 Å². The van der Waals surface area contributed by atoms with Crippen molar-refractivity contribution in [2.45, 2.75) is 56.5 Å². The number of H-pyrrole nitrogens is 1. The number of carbonyl (C=O) groups excluding carboxylic acids is 1. The number of nitrogens with one attached hydrogen (secondary N) is 1. The average molecular weight is 337 g/mol. The van der Waals surface area contributed by atoms with E-state index < -0.39 is 0 Å². The Kier molecular flexibility index (Phi) is 2.80. The van der Waals surface area contributed by atoms with Gasteiger partial charge in [-0.2, -0.15) is 0 Å². The van der Waals surface area contributed by atoms with Crippen LogP contribution in [-0.2, 0) is 4.79 Å². The summed E-state index contributed by atoms with van der Waals surface area (Å²) in [5.74, 6) is 2.45. The zero-order chi connectivity index (χ0) is 16.5. The van der Waals surface area contributed by atoms with Crippen LogP contribution in [0.5, 0.6) is 0 Å². The zero-order valence-corrected chi connectivity index (χ0v) is 14.3. The molecule has 2 atom stereocenters. The van der Waals surface area contributed by atoms with Gasteiger partial charge in [0.05, 0.1) is 5.69 Å². The number of nitrogens with zero attached hydrogens (tertiary/aromatic N) is 4. The highest BCUT2D eigenvalue weighted by atomic mass is 16.2. The first-order valence-corrected chi connectivity index (χ1v) is 9.69. The number of fused-ring (bicyclic) bond motifs is 3. The highest BCUT2D eigenvalue weighted by Crippen LogP contribution is 2.41. The van der Waals surface area contributed by atoms with E-state index in [1.807, 2.05) is 6.20 Å². The molecule has 2 bridgehead atoms. The number of hydrogen-bond donors (Lipinski definition) is 1. The number of hydrogen-bond acceptors (Lipinski definition) is 4. The molecule has 0 radical (unpaired) electrons. The molecule has 130 valence electrons. The largest absolute Gasteiger partial charge is 0.366 e. The van der Waals surface area contributed by atoms with Gasteiger partial charge in [0.1, 0.15) is 11.3 Å². The monoisotopic (exact) mass is 337 g/mol. The number of aromatic amines is 1. The van der Waals surface area contributed by atoms with Crippen LogP contribution in [0.2, 0.25) is 0 Å². The molecule has 4 aliphatic rings. The summed E-state index contributed by atoms with van der Waals surface area (Å²) < 4.78 is 0. The molecule has 2 saturated carbocycles. The average Bonchev–Trinajstić information content (AvgIpc) is 3.54. The van der Waals surface area contributed by atoms with Gasteiger partial charge in [0.15, 0.2) is 5.65 Å². The van der Waals surface area contributed by atoms with Gasteiger partial charge >= 0.3 is 0 Å². The van der Waals surface area contributed by atoms with Crippen molar-refractivity contribution in [3.8, 4) is 0 Å². The maximum Gasteiger partial charge on any atom is 0.226 e. The minimum absolute atomic E-state index is 0.330. The molecular weight excluding hydrogens is 314 g/mol. The maximum atomic E-state index is 12.6. The Hall–Kier alpha value is -2.11. The van der Waals surface area contributed by atoms with Crippen LogP contribution in [-0.4, -0.2) is 50.9 Å². The number of amides is 1. The molecule has 6 heteroatoms. The molecule has 4 fully saturated rings. The number of anilines is 1. The van der Waals surface area contributed by atoms with Crippen LogP contribution in [0, 0.1) is 5.92 Å². The van der Waals surface area contributed by atoms with E-state index in [-0.39, 0.29) is 0 Å². The predicted octanol–water partition coefficient (Wildman–Crippen LogP) is 2.42. The minimum atomic E-state index is 0.330. The highest BCUT2D eigenvalue weighted by Gasteiger charge is 2.46. The van der Waals surface area contributed by atoms with E-state index in [2.05, 4.69) is 25.8 Å². The van der Waals surface area contributed by atoms with Gasteiger partial charge in [0.2, 0.25) is 5.91 Å². The van der Waals surface area contributed by atoms with Crippen molar-refractivity contribution in [3.63, 3.8) is 0 Å². The molecule has 6 rings (SSSR count). The quantitative estimate of drug-likeness (QED) is 0.934. The second-order valence-corrected chi connectivity index (χ2v) is 8.23. The topological polar surface area (TPSA) is 65.1 Å². The van der Waals surface area contributed by atoms with Crippen LogP contribution in [0.15, 0.2) is 12.3 Å².